The van der Waals surface area contributed by atoms with E-state index in [4.69, 9.17) is 14.2 Å². The zero-order chi connectivity index (χ0) is 22.5. The predicted molar refractivity (Wildman–Crippen MR) is 125 cm³/mol. The van der Waals surface area contributed by atoms with Gasteiger partial charge < -0.3 is 14.2 Å². The molecule has 0 aliphatic carbocycles. The van der Waals surface area contributed by atoms with Crippen LogP contribution in [0.3, 0.4) is 0 Å². The van der Waals surface area contributed by atoms with Gasteiger partial charge in [0.15, 0.2) is 11.5 Å². The smallest absolute Gasteiger partial charge is 0.267 e. The third kappa shape index (κ3) is 3.98. The summed E-state index contributed by atoms with van der Waals surface area (Å²) >= 11 is 0. The Hall–Kier alpha value is -4.33. The molecule has 0 saturated carbocycles. The molecular formula is C24H22N4O4. The molecule has 1 N–H and O–H groups in total. The van der Waals surface area contributed by atoms with Crippen LogP contribution in [0.2, 0.25) is 0 Å². The van der Waals surface area contributed by atoms with Gasteiger partial charge in [-0.1, -0.05) is 30.3 Å². The molecule has 0 atom stereocenters. The molecule has 32 heavy (non-hydrogen) atoms. The predicted octanol–water partition coefficient (Wildman–Crippen LogP) is 3.86. The molecule has 8 heteroatoms. The van der Waals surface area contributed by atoms with Gasteiger partial charge in [0, 0.05) is 5.56 Å². The van der Waals surface area contributed by atoms with Gasteiger partial charge in [-0.2, -0.15) is 5.10 Å². The summed E-state index contributed by atoms with van der Waals surface area (Å²) in [5.41, 5.74) is 4.69. The summed E-state index contributed by atoms with van der Waals surface area (Å²) < 4.78 is 17.6. The number of methoxy groups -OCH3 is 3. The quantitative estimate of drug-likeness (QED) is 0.354. The van der Waals surface area contributed by atoms with Crippen molar-refractivity contribution in [2.45, 2.75) is 0 Å². The van der Waals surface area contributed by atoms with E-state index in [1.165, 1.54) is 4.57 Å². The number of anilines is 1. The Kier molecular flexibility index (Phi) is 6.03. The van der Waals surface area contributed by atoms with Gasteiger partial charge in [-0.05, 0) is 36.4 Å². The maximum Gasteiger partial charge on any atom is 0.267 e. The van der Waals surface area contributed by atoms with Crippen molar-refractivity contribution in [3.8, 4) is 22.9 Å². The minimum absolute atomic E-state index is 0.188. The van der Waals surface area contributed by atoms with Crippen LogP contribution in [0.5, 0.6) is 17.2 Å². The summed E-state index contributed by atoms with van der Waals surface area (Å²) in [6, 6.07) is 20.0. The fourth-order valence-electron chi connectivity index (χ4n) is 3.36. The van der Waals surface area contributed by atoms with Crippen molar-refractivity contribution in [3.63, 3.8) is 0 Å². The largest absolute Gasteiger partial charge is 0.493 e. The van der Waals surface area contributed by atoms with Gasteiger partial charge >= 0.3 is 0 Å². The highest BCUT2D eigenvalue weighted by Gasteiger charge is 2.14. The molecule has 0 fully saturated rings. The van der Waals surface area contributed by atoms with Gasteiger partial charge in [-0.15, -0.1) is 0 Å². The molecule has 162 valence electrons. The lowest BCUT2D eigenvalue weighted by molar-refractivity contribution is 0.324. The number of rotatable bonds is 7. The van der Waals surface area contributed by atoms with Gasteiger partial charge in [-0.25, -0.2) is 15.0 Å². The minimum Gasteiger partial charge on any atom is -0.493 e. The van der Waals surface area contributed by atoms with E-state index in [1.54, 1.807) is 51.8 Å². The van der Waals surface area contributed by atoms with Gasteiger partial charge in [0.2, 0.25) is 11.7 Å². The van der Waals surface area contributed by atoms with Crippen LogP contribution in [-0.4, -0.2) is 37.1 Å². The highest BCUT2D eigenvalue weighted by molar-refractivity contribution is 5.83. The summed E-state index contributed by atoms with van der Waals surface area (Å²) in [6.07, 6.45) is 1.58. The molecule has 0 radical (unpaired) electrons. The molecular weight excluding hydrogens is 408 g/mol. The van der Waals surface area contributed by atoms with E-state index in [9.17, 15) is 4.79 Å². The van der Waals surface area contributed by atoms with Crippen LogP contribution in [0.4, 0.5) is 5.95 Å². The average molecular weight is 430 g/mol. The van der Waals surface area contributed by atoms with Gasteiger partial charge in [0.1, 0.15) is 0 Å². The minimum atomic E-state index is -0.188. The maximum atomic E-state index is 13.2. The number of hydrogen-bond acceptors (Lipinski definition) is 7. The van der Waals surface area contributed by atoms with Gasteiger partial charge in [0.25, 0.3) is 5.56 Å². The van der Waals surface area contributed by atoms with Crippen LogP contribution in [0.25, 0.3) is 16.6 Å². The lowest BCUT2D eigenvalue weighted by Crippen LogP contribution is -2.22. The summed E-state index contributed by atoms with van der Waals surface area (Å²) in [4.78, 5) is 17.8. The molecule has 0 spiro atoms. The molecule has 4 rings (SSSR count). The van der Waals surface area contributed by atoms with Crippen LogP contribution in [-0.2, 0) is 0 Å². The van der Waals surface area contributed by atoms with Crippen molar-refractivity contribution < 1.29 is 14.2 Å². The molecule has 4 aromatic rings. The van der Waals surface area contributed by atoms with Crippen LogP contribution < -0.4 is 25.2 Å². The first kappa shape index (κ1) is 20.9. The van der Waals surface area contributed by atoms with Crippen LogP contribution in [0, 0.1) is 0 Å². The van der Waals surface area contributed by atoms with E-state index in [0.717, 1.165) is 0 Å². The average Bonchev–Trinajstić information content (AvgIpc) is 2.84. The molecule has 0 unspecified atom stereocenters. The number of nitrogens with zero attached hydrogens (tertiary/aromatic N) is 3. The number of benzene rings is 3. The van der Waals surface area contributed by atoms with Crippen LogP contribution in [0.1, 0.15) is 5.56 Å². The number of ether oxygens (including phenoxy) is 3. The maximum absolute atomic E-state index is 13.2. The summed E-state index contributed by atoms with van der Waals surface area (Å²) in [5, 5.41) is 4.83. The summed E-state index contributed by atoms with van der Waals surface area (Å²) in [7, 11) is 4.64. The second-order valence-corrected chi connectivity index (χ2v) is 6.76. The molecule has 0 saturated heterocycles. The second-order valence-electron chi connectivity index (χ2n) is 6.76. The summed E-state index contributed by atoms with van der Waals surface area (Å²) in [6.45, 7) is 0. The SMILES string of the molecule is COc1cc(/C=N\Nc2nc3ccccc3c(=O)n2-c2ccccc2)cc(OC)c1OC. The number of fused-ring (bicyclic) bond motifs is 1. The van der Waals surface area contributed by atoms with Crippen molar-refractivity contribution in [1.82, 2.24) is 9.55 Å². The Labute approximate surface area is 184 Å². The van der Waals surface area contributed by atoms with Crippen molar-refractivity contribution >= 4 is 23.1 Å². The van der Waals surface area contributed by atoms with E-state index in [1.807, 2.05) is 42.5 Å². The lowest BCUT2D eigenvalue weighted by Gasteiger charge is -2.13. The zero-order valence-electron chi connectivity index (χ0n) is 17.9. The van der Waals surface area contributed by atoms with E-state index in [-0.39, 0.29) is 5.56 Å². The normalized spacial score (nSPS) is 11.0. The van der Waals surface area contributed by atoms with Crippen molar-refractivity contribution in [3.05, 3.63) is 82.6 Å². The highest BCUT2D eigenvalue weighted by Crippen LogP contribution is 2.37. The lowest BCUT2D eigenvalue weighted by atomic mass is 10.2. The number of nitrogens with one attached hydrogen (secondary N) is 1. The van der Waals surface area contributed by atoms with Crippen molar-refractivity contribution in [2.24, 2.45) is 5.10 Å². The molecule has 0 amide bonds. The summed E-state index contributed by atoms with van der Waals surface area (Å²) in [5.74, 6) is 1.81. The Morgan fingerprint density at radius 2 is 1.56 bits per heavy atom. The molecule has 0 bridgehead atoms. The molecule has 3 aromatic carbocycles. The van der Waals surface area contributed by atoms with E-state index >= 15 is 0 Å². The highest BCUT2D eigenvalue weighted by atomic mass is 16.5. The third-order valence-electron chi connectivity index (χ3n) is 4.86. The molecule has 0 aliphatic rings. The third-order valence-corrected chi connectivity index (χ3v) is 4.86. The first-order valence-corrected chi connectivity index (χ1v) is 9.82. The molecule has 1 heterocycles. The standard InChI is InChI=1S/C24H22N4O4/c1-30-20-13-16(14-21(31-2)22(20)32-3)15-25-27-24-26-19-12-8-7-11-18(19)23(29)28(24)17-9-5-4-6-10-17/h4-15H,1-3H3,(H,26,27)/b25-15-. The first-order chi connectivity index (χ1) is 15.7. The van der Waals surface area contributed by atoms with E-state index in [2.05, 4.69) is 15.5 Å². The monoisotopic (exact) mass is 430 g/mol. The van der Waals surface area contributed by atoms with Crippen molar-refractivity contribution in [2.75, 3.05) is 26.8 Å². The number of para-hydroxylation sites is 2. The second kappa shape index (κ2) is 9.22. The number of hydrazone groups is 1. The van der Waals surface area contributed by atoms with E-state index < -0.39 is 0 Å². The topological polar surface area (TPSA) is 87.0 Å². The van der Waals surface area contributed by atoms with Crippen LogP contribution >= 0.6 is 0 Å². The fourth-order valence-corrected chi connectivity index (χ4v) is 3.36. The Bertz CT molecular complexity index is 1310. The number of aromatic nitrogens is 2. The van der Waals surface area contributed by atoms with E-state index in [0.29, 0.717) is 45.4 Å². The molecule has 1 aromatic heterocycles. The Morgan fingerprint density at radius 1 is 0.906 bits per heavy atom. The molecule has 8 nitrogen and oxygen atoms in total. The van der Waals surface area contributed by atoms with Gasteiger partial charge in [-0.3, -0.25) is 4.79 Å². The molecule has 0 aliphatic heterocycles. The van der Waals surface area contributed by atoms with Crippen molar-refractivity contribution in [1.29, 1.82) is 0 Å². The van der Waals surface area contributed by atoms with Gasteiger partial charge in [0.05, 0.1) is 44.1 Å². The Balaban J connectivity index is 1.75. The Morgan fingerprint density at radius 3 is 2.22 bits per heavy atom. The first-order valence-electron chi connectivity index (χ1n) is 9.82. The van der Waals surface area contributed by atoms with Crippen LogP contribution in [0.15, 0.2) is 76.6 Å². The zero-order valence-corrected chi connectivity index (χ0v) is 17.9. The fraction of sp³-hybridized carbons (Fsp3) is 0.125. The number of hydrogen-bond donors (Lipinski definition) is 1.